The first-order valence-electron chi connectivity index (χ1n) is 2.63. The Bertz CT molecular complexity index is 137. The van der Waals surface area contributed by atoms with E-state index in [0.29, 0.717) is 6.42 Å². The van der Waals surface area contributed by atoms with E-state index in [1.165, 1.54) is 0 Å². The monoisotopic (exact) mass is 127 g/mol. The van der Waals surface area contributed by atoms with Crippen LogP contribution < -0.4 is 0 Å². The molecule has 0 saturated heterocycles. The van der Waals surface area contributed by atoms with Gasteiger partial charge in [-0.1, -0.05) is 6.92 Å². The summed E-state index contributed by atoms with van der Waals surface area (Å²) in [5.41, 5.74) is 0. The molecule has 0 rings (SSSR count). The maximum atomic E-state index is 10.4. The van der Waals surface area contributed by atoms with E-state index in [2.05, 4.69) is 0 Å². The molecule has 0 aliphatic rings. The van der Waals surface area contributed by atoms with E-state index < -0.39 is 5.78 Å². The van der Waals surface area contributed by atoms with Gasteiger partial charge < -0.3 is 0 Å². The van der Waals surface area contributed by atoms with Crippen molar-refractivity contribution in [2.75, 3.05) is 0 Å². The van der Waals surface area contributed by atoms with E-state index in [0.717, 1.165) is 6.29 Å². The van der Waals surface area contributed by atoms with Crippen LogP contribution in [-0.2, 0) is 14.4 Å². The second kappa shape index (κ2) is 3.95. The van der Waals surface area contributed by atoms with Gasteiger partial charge in [-0.05, 0) is 0 Å². The fourth-order valence-electron chi connectivity index (χ4n) is 0.340. The lowest BCUT2D eigenvalue weighted by molar-refractivity contribution is -0.123. The molecule has 1 radical (unpaired) electrons. The molecule has 0 aromatic rings. The van der Waals surface area contributed by atoms with Crippen molar-refractivity contribution >= 4 is 17.9 Å². The van der Waals surface area contributed by atoms with Crippen molar-refractivity contribution in [2.24, 2.45) is 0 Å². The van der Waals surface area contributed by atoms with Crippen LogP contribution in [0.4, 0.5) is 0 Å². The van der Waals surface area contributed by atoms with Gasteiger partial charge >= 0.3 is 0 Å². The Balaban J connectivity index is 3.59. The molecular weight excluding hydrogens is 120 g/mol. The Labute approximate surface area is 53.0 Å². The Morgan fingerprint density at radius 2 is 2.00 bits per heavy atom. The number of rotatable bonds is 4. The zero-order chi connectivity index (χ0) is 7.28. The maximum Gasteiger partial charge on any atom is 0.272 e. The highest BCUT2D eigenvalue weighted by atomic mass is 16.2. The number of Topliss-reactive ketones (excluding diaryl/α,β-unsaturated/α-hetero) is 2. The third kappa shape index (κ3) is 3.58. The van der Waals surface area contributed by atoms with Crippen molar-refractivity contribution in [3.8, 4) is 0 Å². The molecule has 49 valence electrons. The highest BCUT2D eigenvalue weighted by Gasteiger charge is 2.05. The Morgan fingerprint density at radius 3 is 2.33 bits per heavy atom. The highest BCUT2D eigenvalue weighted by molar-refractivity contribution is 6.29. The summed E-state index contributed by atoms with van der Waals surface area (Å²) in [5, 5.41) is 0. The molecule has 0 spiro atoms. The van der Waals surface area contributed by atoms with Crippen LogP contribution in [-0.4, -0.2) is 17.9 Å². The average molecular weight is 127 g/mol. The Kier molecular flexibility index (Phi) is 3.51. The van der Waals surface area contributed by atoms with Crippen LogP contribution in [0.2, 0.25) is 0 Å². The van der Waals surface area contributed by atoms with Crippen molar-refractivity contribution in [3.05, 3.63) is 0 Å². The summed E-state index contributed by atoms with van der Waals surface area (Å²) in [5.74, 6) is -0.981. The standard InChI is InChI=1S/C6H7O3/c1-2-5(8)3-6(9)4-7/h2-3H2,1H3. The Morgan fingerprint density at radius 1 is 1.44 bits per heavy atom. The summed E-state index contributed by atoms with van der Waals surface area (Å²) >= 11 is 0. The molecule has 0 amide bonds. The molecule has 9 heavy (non-hydrogen) atoms. The molecule has 0 unspecified atom stereocenters. The molecule has 0 aliphatic carbocycles. The van der Waals surface area contributed by atoms with Crippen LogP contribution in [0.1, 0.15) is 19.8 Å². The van der Waals surface area contributed by atoms with Gasteiger partial charge in [0.15, 0.2) is 0 Å². The number of carbonyl (C=O) groups is 2. The van der Waals surface area contributed by atoms with Gasteiger partial charge in [0.25, 0.3) is 6.29 Å². The fourth-order valence-corrected chi connectivity index (χ4v) is 0.340. The van der Waals surface area contributed by atoms with E-state index in [1.807, 2.05) is 0 Å². The zero-order valence-electron chi connectivity index (χ0n) is 5.14. The summed E-state index contributed by atoms with van der Waals surface area (Å²) in [7, 11) is 0. The molecule has 0 aromatic heterocycles. The first kappa shape index (κ1) is 8.01. The van der Waals surface area contributed by atoms with Crippen molar-refractivity contribution in [3.63, 3.8) is 0 Å². The SMILES string of the molecule is CCC(=O)CC(=O)[C]=O. The molecule has 3 nitrogen and oxygen atoms in total. The van der Waals surface area contributed by atoms with Gasteiger partial charge in [0, 0.05) is 6.42 Å². The van der Waals surface area contributed by atoms with Crippen molar-refractivity contribution in [2.45, 2.75) is 19.8 Å². The zero-order valence-corrected chi connectivity index (χ0v) is 5.14. The van der Waals surface area contributed by atoms with Gasteiger partial charge in [-0.3, -0.25) is 14.4 Å². The summed E-state index contributed by atoms with van der Waals surface area (Å²) in [6.45, 7) is 1.64. The normalized spacial score (nSPS) is 8.56. The van der Waals surface area contributed by atoms with Crippen molar-refractivity contribution < 1.29 is 14.4 Å². The molecule has 0 atom stereocenters. The lowest BCUT2D eigenvalue weighted by atomic mass is 10.2. The molecule has 0 fully saturated rings. The molecule has 0 heterocycles. The van der Waals surface area contributed by atoms with E-state index in [9.17, 15) is 14.4 Å². The number of ketones is 2. The third-order valence-electron chi connectivity index (χ3n) is 0.866. The second-order valence-corrected chi connectivity index (χ2v) is 1.59. The predicted molar refractivity (Wildman–Crippen MR) is 30.6 cm³/mol. The smallest absolute Gasteiger partial charge is 0.272 e. The minimum atomic E-state index is -0.762. The summed E-state index contributed by atoms with van der Waals surface area (Å²) in [4.78, 5) is 30.0. The first-order valence-corrected chi connectivity index (χ1v) is 2.63. The summed E-state index contributed by atoms with van der Waals surface area (Å²) in [6, 6.07) is 0. The topological polar surface area (TPSA) is 51.2 Å². The van der Waals surface area contributed by atoms with Crippen LogP contribution in [0, 0.1) is 0 Å². The average Bonchev–Trinajstić information content (AvgIpc) is 1.87. The van der Waals surface area contributed by atoms with Crippen molar-refractivity contribution in [1.82, 2.24) is 0 Å². The van der Waals surface area contributed by atoms with Crippen LogP contribution in [0.25, 0.3) is 0 Å². The highest BCUT2D eigenvalue weighted by Crippen LogP contribution is 1.87. The fraction of sp³-hybridized carbons (Fsp3) is 0.500. The van der Waals surface area contributed by atoms with Gasteiger partial charge in [-0.15, -0.1) is 0 Å². The minimum Gasteiger partial charge on any atom is -0.299 e. The third-order valence-corrected chi connectivity index (χ3v) is 0.866. The molecule has 0 N–H and O–H groups in total. The van der Waals surface area contributed by atoms with Crippen LogP contribution in [0.15, 0.2) is 0 Å². The predicted octanol–water partition coefficient (Wildman–Crippen LogP) is 0.0344. The van der Waals surface area contributed by atoms with Gasteiger partial charge in [0.2, 0.25) is 5.78 Å². The summed E-state index contributed by atoms with van der Waals surface area (Å²) in [6.07, 6.45) is 1.13. The number of hydrogen-bond acceptors (Lipinski definition) is 3. The first-order chi connectivity index (χ1) is 4.20. The summed E-state index contributed by atoms with van der Waals surface area (Å²) < 4.78 is 0. The lowest BCUT2D eigenvalue weighted by Gasteiger charge is -1.86. The van der Waals surface area contributed by atoms with Crippen LogP contribution >= 0.6 is 0 Å². The van der Waals surface area contributed by atoms with Gasteiger partial charge in [0.05, 0.1) is 6.42 Å². The molecule has 0 saturated carbocycles. The molecule has 3 heteroatoms. The second-order valence-electron chi connectivity index (χ2n) is 1.59. The number of carbonyl (C=O) groups excluding carboxylic acids is 3. The van der Waals surface area contributed by atoms with E-state index in [-0.39, 0.29) is 12.2 Å². The number of hydrogen-bond donors (Lipinski definition) is 0. The largest absolute Gasteiger partial charge is 0.299 e. The maximum absolute atomic E-state index is 10.4. The van der Waals surface area contributed by atoms with Crippen LogP contribution in [0.3, 0.4) is 0 Å². The van der Waals surface area contributed by atoms with Crippen LogP contribution in [0.5, 0.6) is 0 Å². The van der Waals surface area contributed by atoms with E-state index >= 15 is 0 Å². The van der Waals surface area contributed by atoms with Crippen molar-refractivity contribution in [1.29, 1.82) is 0 Å². The Hall–Kier alpha value is -0.990. The lowest BCUT2D eigenvalue weighted by Crippen LogP contribution is -2.06. The quantitative estimate of drug-likeness (QED) is 0.395. The molecule has 0 aliphatic heterocycles. The van der Waals surface area contributed by atoms with Gasteiger partial charge in [0.1, 0.15) is 5.78 Å². The van der Waals surface area contributed by atoms with Gasteiger partial charge in [-0.25, -0.2) is 0 Å². The molecular formula is C6H7O3. The van der Waals surface area contributed by atoms with Gasteiger partial charge in [-0.2, -0.15) is 0 Å². The molecule has 0 aromatic carbocycles. The minimum absolute atomic E-state index is 0.219. The van der Waals surface area contributed by atoms with E-state index in [1.54, 1.807) is 6.92 Å². The van der Waals surface area contributed by atoms with E-state index in [4.69, 9.17) is 0 Å². The molecule has 0 bridgehead atoms.